The molecule has 1 saturated carbocycles. The van der Waals surface area contributed by atoms with Gasteiger partial charge < -0.3 is 4.74 Å². The number of tetrazole rings is 1. The van der Waals surface area contributed by atoms with Crippen molar-refractivity contribution in [2.45, 2.75) is 36.3 Å². The monoisotopic (exact) mass is 214 g/mol. The molecule has 0 saturated heterocycles. The molecule has 1 aromatic heterocycles. The number of hydrogen-bond donors (Lipinski definition) is 0. The third-order valence-corrected chi connectivity index (χ3v) is 3.58. The van der Waals surface area contributed by atoms with Crippen molar-refractivity contribution in [1.82, 2.24) is 20.2 Å². The van der Waals surface area contributed by atoms with Crippen molar-refractivity contribution < 1.29 is 4.74 Å². The molecule has 0 aliphatic heterocycles. The van der Waals surface area contributed by atoms with Crippen LogP contribution in [0.25, 0.3) is 0 Å². The molecule has 78 valence electrons. The topological polar surface area (TPSA) is 52.8 Å². The molecule has 0 spiro atoms. The molecule has 1 aliphatic rings. The average Bonchev–Trinajstić information content (AvgIpc) is 2.48. The van der Waals surface area contributed by atoms with Gasteiger partial charge in [0.2, 0.25) is 5.16 Å². The van der Waals surface area contributed by atoms with Crippen LogP contribution in [0.4, 0.5) is 0 Å². The van der Waals surface area contributed by atoms with Crippen molar-refractivity contribution in [2.75, 3.05) is 6.61 Å². The first-order valence-corrected chi connectivity index (χ1v) is 5.68. The Morgan fingerprint density at radius 1 is 1.57 bits per heavy atom. The fraction of sp³-hybridized carbons (Fsp3) is 0.875. The third-order valence-electron chi connectivity index (χ3n) is 2.31. The molecule has 0 atom stereocenters. The lowest BCUT2D eigenvalue weighted by Crippen LogP contribution is -2.33. The lowest BCUT2D eigenvalue weighted by Gasteiger charge is -2.33. The minimum Gasteiger partial charge on any atom is -0.378 e. The molecule has 0 radical (unpaired) electrons. The van der Waals surface area contributed by atoms with E-state index in [0.29, 0.717) is 11.4 Å². The van der Waals surface area contributed by atoms with E-state index >= 15 is 0 Å². The summed E-state index contributed by atoms with van der Waals surface area (Å²) in [6.45, 7) is 2.85. The van der Waals surface area contributed by atoms with E-state index < -0.39 is 0 Å². The summed E-state index contributed by atoms with van der Waals surface area (Å²) in [5.41, 5.74) is 0. The summed E-state index contributed by atoms with van der Waals surface area (Å²) in [7, 11) is 1.86. The Balaban J connectivity index is 1.77. The molecule has 2 rings (SSSR count). The smallest absolute Gasteiger partial charge is 0.209 e. The molecule has 0 N–H and O–H groups in total. The highest BCUT2D eigenvalue weighted by Crippen LogP contribution is 2.36. The summed E-state index contributed by atoms with van der Waals surface area (Å²) in [6, 6.07) is 0. The molecule has 0 aromatic carbocycles. The predicted molar refractivity (Wildman–Crippen MR) is 53.1 cm³/mol. The number of hydrogen-bond acceptors (Lipinski definition) is 5. The van der Waals surface area contributed by atoms with Crippen LogP contribution >= 0.6 is 11.8 Å². The number of thioether (sulfide) groups is 1. The summed E-state index contributed by atoms with van der Waals surface area (Å²) in [4.78, 5) is 0. The van der Waals surface area contributed by atoms with Gasteiger partial charge in [-0.25, -0.2) is 4.68 Å². The van der Waals surface area contributed by atoms with Crippen molar-refractivity contribution in [3.05, 3.63) is 0 Å². The second kappa shape index (κ2) is 4.27. The first kappa shape index (κ1) is 9.92. The number of aromatic nitrogens is 4. The van der Waals surface area contributed by atoms with Crippen LogP contribution in [0.3, 0.4) is 0 Å². The zero-order valence-corrected chi connectivity index (χ0v) is 9.20. The molecule has 0 amide bonds. The van der Waals surface area contributed by atoms with Gasteiger partial charge in [-0.15, -0.1) is 5.10 Å². The first-order valence-electron chi connectivity index (χ1n) is 4.80. The van der Waals surface area contributed by atoms with Crippen LogP contribution in [-0.4, -0.2) is 38.2 Å². The zero-order chi connectivity index (χ0) is 9.97. The second-order valence-corrected chi connectivity index (χ2v) is 4.64. The molecule has 5 nitrogen and oxygen atoms in total. The van der Waals surface area contributed by atoms with Crippen molar-refractivity contribution in [1.29, 1.82) is 0 Å². The number of rotatable bonds is 4. The molecule has 1 aliphatic carbocycles. The molecule has 6 heteroatoms. The number of nitrogens with zero attached hydrogens (tertiary/aromatic N) is 4. The van der Waals surface area contributed by atoms with Gasteiger partial charge in [-0.2, -0.15) is 0 Å². The molecular weight excluding hydrogens is 200 g/mol. The van der Waals surface area contributed by atoms with Crippen LogP contribution in [0.1, 0.15) is 19.8 Å². The predicted octanol–water partition coefficient (Wildman–Crippen LogP) is 0.870. The third kappa shape index (κ3) is 2.06. The van der Waals surface area contributed by atoms with Gasteiger partial charge in [-0.3, -0.25) is 0 Å². The van der Waals surface area contributed by atoms with Gasteiger partial charge in [-0.1, -0.05) is 11.8 Å². The fourth-order valence-electron chi connectivity index (χ4n) is 1.46. The minimum absolute atomic E-state index is 0.457. The van der Waals surface area contributed by atoms with Crippen molar-refractivity contribution >= 4 is 11.8 Å². The maximum atomic E-state index is 5.49. The van der Waals surface area contributed by atoms with Gasteiger partial charge in [0.05, 0.1) is 6.10 Å². The highest BCUT2D eigenvalue weighted by Gasteiger charge is 2.31. The van der Waals surface area contributed by atoms with Gasteiger partial charge in [0, 0.05) is 18.9 Å². The lowest BCUT2D eigenvalue weighted by molar-refractivity contribution is 0.0138. The van der Waals surface area contributed by atoms with Crippen LogP contribution < -0.4 is 0 Å². The van der Waals surface area contributed by atoms with Gasteiger partial charge in [0.25, 0.3) is 0 Å². The van der Waals surface area contributed by atoms with Crippen LogP contribution in [0, 0.1) is 0 Å². The van der Waals surface area contributed by atoms with E-state index in [4.69, 9.17) is 4.74 Å². The number of ether oxygens (including phenoxy) is 1. The Bertz CT molecular complexity index is 297. The standard InChI is InChI=1S/C8H14N4OS/c1-3-13-6-4-7(5-6)14-8-9-10-11-12(8)2/h6-7H,3-5H2,1-2H3. The molecular formula is C8H14N4OS. The Labute approximate surface area is 87.2 Å². The van der Waals surface area contributed by atoms with E-state index in [1.54, 1.807) is 16.4 Å². The van der Waals surface area contributed by atoms with Crippen LogP contribution in [-0.2, 0) is 11.8 Å². The Kier molecular flexibility index (Phi) is 3.02. The van der Waals surface area contributed by atoms with E-state index in [0.717, 1.165) is 24.6 Å². The summed E-state index contributed by atoms with van der Waals surface area (Å²) in [5.74, 6) is 0. The van der Waals surface area contributed by atoms with Crippen LogP contribution in [0.15, 0.2) is 5.16 Å². The van der Waals surface area contributed by atoms with Gasteiger partial charge in [0.15, 0.2) is 0 Å². The van der Waals surface area contributed by atoms with E-state index in [2.05, 4.69) is 15.5 Å². The quantitative estimate of drug-likeness (QED) is 0.744. The molecule has 14 heavy (non-hydrogen) atoms. The SMILES string of the molecule is CCOC1CC(Sc2nnnn2C)C1. The zero-order valence-electron chi connectivity index (χ0n) is 8.38. The van der Waals surface area contributed by atoms with Gasteiger partial charge >= 0.3 is 0 Å². The highest BCUT2D eigenvalue weighted by molar-refractivity contribution is 7.99. The van der Waals surface area contributed by atoms with E-state index in [1.807, 2.05) is 14.0 Å². The summed E-state index contributed by atoms with van der Waals surface area (Å²) in [5, 5.41) is 12.8. The first-order chi connectivity index (χ1) is 6.79. The minimum atomic E-state index is 0.457. The number of aryl methyl sites for hydroxylation is 1. The largest absolute Gasteiger partial charge is 0.378 e. The summed E-state index contributed by atoms with van der Waals surface area (Å²) in [6.07, 6.45) is 2.69. The molecule has 0 bridgehead atoms. The van der Waals surface area contributed by atoms with Crippen molar-refractivity contribution in [3.63, 3.8) is 0 Å². The maximum Gasteiger partial charge on any atom is 0.209 e. The second-order valence-electron chi connectivity index (χ2n) is 3.37. The van der Waals surface area contributed by atoms with Gasteiger partial charge in [0.1, 0.15) is 0 Å². The summed E-state index contributed by atoms with van der Waals surface area (Å²) >= 11 is 1.74. The average molecular weight is 214 g/mol. The maximum absolute atomic E-state index is 5.49. The molecule has 1 aromatic rings. The molecule has 1 fully saturated rings. The molecule has 1 heterocycles. The fourth-order valence-corrected chi connectivity index (χ4v) is 2.65. The Morgan fingerprint density at radius 3 is 2.93 bits per heavy atom. The molecule has 0 unspecified atom stereocenters. The van der Waals surface area contributed by atoms with E-state index in [9.17, 15) is 0 Å². The van der Waals surface area contributed by atoms with Crippen LogP contribution in [0.2, 0.25) is 0 Å². The van der Waals surface area contributed by atoms with Crippen LogP contribution in [0.5, 0.6) is 0 Å². The highest BCUT2D eigenvalue weighted by atomic mass is 32.2. The lowest BCUT2D eigenvalue weighted by atomic mass is 9.95. The Morgan fingerprint density at radius 2 is 2.36 bits per heavy atom. The van der Waals surface area contributed by atoms with E-state index in [-0.39, 0.29) is 0 Å². The summed E-state index contributed by atoms with van der Waals surface area (Å²) < 4.78 is 7.19. The Hall–Kier alpha value is -0.620. The normalized spacial score (nSPS) is 26.1. The van der Waals surface area contributed by atoms with E-state index in [1.165, 1.54) is 0 Å². The van der Waals surface area contributed by atoms with Crippen molar-refractivity contribution in [3.8, 4) is 0 Å². The van der Waals surface area contributed by atoms with Gasteiger partial charge in [-0.05, 0) is 30.2 Å². The van der Waals surface area contributed by atoms with Crippen molar-refractivity contribution in [2.24, 2.45) is 7.05 Å².